The number of carbonyl (C=O) groups is 4. The van der Waals surface area contributed by atoms with Crippen LogP contribution in [0.25, 0.3) is 0 Å². The van der Waals surface area contributed by atoms with Gasteiger partial charge in [0.15, 0.2) is 0 Å². The third-order valence-electron chi connectivity index (χ3n) is 11.3. The lowest BCUT2D eigenvalue weighted by atomic mass is 9.49. The second kappa shape index (κ2) is 12.0. The number of hydrazine groups is 1. The van der Waals surface area contributed by atoms with Gasteiger partial charge in [0.2, 0.25) is 11.8 Å². The molecule has 8 nitrogen and oxygen atoms in total. The van der Waals surface area contributed by atoms with Crippen LogP contribution in [0.3, 0.4) is 0 Å². The first-order valence-corrected chi connectivity index (χ1v) is 17.4. The number of anilines is 2. The van der Waals surface area contributed by atoms with E-state index in [-0.39, 0.29) is 30.4 Å². The molecule has 0 aromatic heterocycles. The molecule has 9 heteroatoms. The first kappa shape index (κ1) is 32.0. The Labute approximate surface area is 295 Å². The molecule has 2 aliphatic carbocycles. The van der Waals surface area contributed by atoms with Crippen molar-refractivity contribution in [2.24, 2.45) is 23.7 Å². The molecule has 2 heterocycles. The molecule has 252 valence electrons. The maximum Gasteiger partial charge on any atom is 0.260 e. The van der Waals surface area contributed by atoms with Crippen molar-refractivity contribution in [1.82, 2.24) is 5.01 Å². The van der Waals surface area contributed by atoms with Crippen molar-refractivity contribution >= 4 is 46.6 Å². The van der Waals surface area contributed by atoms with Crippen molar-refractivity contribution in [1.29, 1.82) is 0 Å². The summed E-state index contributed by atoms with van der Waals surface area (Å²) < 4.78 is 0. The number of amides is 4. The van der Waals surface area contributed by atoms with Gasteiger partial charge in [0.1, 0.15) is 5.75 Å². The number of allylic oxidation sites excluding steroid dienone is 2. The molecule has 8 rings (SSSR count). The topological polar surface area (TPSA) is 107 Å². The Bertz CT molecular complexity index is 2080. The van der Waals surface area contributed by atoms with Gasteiger partial charge in [-0.1, -0.05) is 90.3 Å². The Morgan fingerprint density at radius 1 is 0.860 bits per heavy atom. The van der Waals surface area contributed by atoms with E-state index in [1.807, 2.05) is 98.8 Å². The number of hydrogen-bond donors (Lipinski definition) is 2. The second-order valence-corrected chi connectivity index (χ2v) is 14.3. The van der Waals surface area contributed by atoms with Crippen LogP contribution in [0, 0.1) is 30.6 Å². The van der Waals surface area contributed by atoms with Crippen LogP contribution < -0.4 is 10.3 Å². The van der Waals surface area contributed by atoms with E-state index >= 15 is 4.79 Å². The number of phenols is 1. The molecule has 1 saturated carbocycles. The van der Waals surface area contributed by atoms with Crippen molar-refractivity contribution in [2.75, 3.05) is 10.3 Å². The summed E-state index contributed by atoms with van der Waals surface area (Å²) in [7, 11) is 0. The number of imide groups is 2. The van der Waals surface area contributed by atoms with E-state index in [4.69, 9.17) is 11.6 Å². The molecule has 2 saturated heterocycles. The van der Waals surface area contributed by atoms with Gasteiger partial charge in [-0.3, -0.25) is 29.5 Å². The zero-order valence-electron chi connectivity index (χ0n) is 27.7. The first-order valence-electron chi connectivity index (χ1n) is 17.1. The number of nitrogens with zero attached hydrogens (tertiary/aromatic N) is 2. The van der Waals surface area contributed by atoms with Crippen LogP contribution in [-0.4, -0.2) is 33.7 Å². The lowest BCUT2D eigenvalue weighted by molar-refractivity contribution is -0.138. The number of carbonyl (C=O) groups excluding carboxylic acids is 4. The fraction of sp³-hybridized carbons (Fsp3) is 0.268. The largest absolute Gasteiger partial charge is 0.508 e. The van der Waals surface area contributed by atoms with Gasteiger partial charge in [-0.05, 0) is 85.7 Å². The van der Waals surface area contributed by atoms with Gasteiger partial charge >= 0.3 is 0 Å². The van der Waals surface area contributed by atoms with Crippen LogP contribution in [0.1, 0.15) is 47.9 Å². The Kier molecular flexibility index (Phi) is 7.68. The maximum absolute atomic E-state index is 15.2. The Balaban J connectivity index is 1.31. The predicted octanol–water partition coefficient (Wildman–Crippen LogP) is 7.11. The number of nitrogens with one attached hydrogen (secondary N) is 1. The molecule has 4 aliphatic rings. The monoisotopic (exact) mass is 685 g/mol. The van der Waals surface area contributed by atoms with E-state index in [1.165, 1.54) is 11.0 Å². The average Bonchev–Trinajstić information content (AvgIpc) is 3.51. The van der Waals surface area contributed by atoms with Gasteiger partial charge in [0, 0.05) is 16.5 Å². The molecule has 2 aliphatic heterocycles. The molecule has 50 heavy (non-hydrogen) atoms. The van der Waals surface area contributed by atoms with E-state index in [0.29, 0.717) is 27.5 Å². The summed E-state index contributed by atoms with van der Waals surface area (Å²) >= 11 is 6.59. The van der Waals surface area contributed by atoms with Gasteiger partial charge in [-0.15, -0.1) is 0 Å². The van der Waals surface area contributed by atoms with Crippen LogP contribution in [0.2, 0.25) is 5.02 Å². The molecule has 4 aromatic carbocycles. The minimum absolute atomic E-state index is 0.0752. The van der Waals surface area contributed by atoms with E-state index < -0.39 is 46.8 Å². The molecule has 0 spiro atoms. The van der Waals surface area contributed by atoms with E-state index in [9.17, 15) is 19.5 Å². The average molecular weight is 686 g/mol. The lowest BCUT2D eigenvalue weighted by Gasteiger charge is -2.50. The highest BCUT2D eigenvalue weighted by atomic mass is 35.5. The summed E-state index contributed by atoms with van der Waals surface area (Å²) in [5.41, 5.74) is 6.58. The highest BCUT2D eigenvalue weighted by Crippen LogP contribution is 2.65. The minimum Gasteiger partial charge on any atom is -0.508 e. The van der Waals surface area contributed by atoms with E-state index in [0.717, 1.165) is 28.1 Å². The van der Waals surface area contributed by atoms with Gasteiger partial charge in [-0.25, -0.2) is 0 Å². The number of hydrogen-bond acceptors (Lipinski definition) is 6. The molecule has 3 fully saturated rings. The fourth-order valence-corrected chi connectivity index (χ4v) is 9.16. The Hall–Kier alpha value is -5.21. The van der Waals surface area contributed by atoms with Crippen LogP contribution in [-0.2, 0) is 31.0 Å². The van der Waals surface area contributed by atoms with Gasteiger partial charge in [0.05, 0.1) is 34.5 Å². The van der Waals surface area contributed by atoms with Crippen molar-refractivity contribution in [3.05, 3.63) is 136 Å². The van der Waals surface area contributed by atoms with Crippen LogP contribution in [0.4, 0.5) is 11.4 Å². The van der Waals surface area contributed by atoms with Crippen molar-refractivity contribution in [3.63, 3.8) is 0 Å². The molecule has 4 aromatic rings. The van der Waals surface area contributed by atoms with Crippen molar-refractivity contribution in [3.8, 4) is 5.75 Å². The van der Waals surface area contributed by atoms with E-state index in [2.05, 4.69) is 5.43 Å². The highest BCUT2D eigenvalue weighted by Gasteiger charge is 2.70. The van der Waals surface area contributed by atoms with Gasteiger partial charge < -0.3 is 5.11 Å². The number of rotatable bonds is 6. The number of halogens is 1. The molecule has 6 atom stereocenters. The van der Waals surface area contributed by atoms with Crippen LogP contribution >= 0.6 is 11.6 Å². The molecular weight excluding hydrogens is 650 g/mol. The molecule has 0 radical (unpaired) electrons. The lowest BCUT2D eigenvalue weighted by Crippen LogP contribution is -2.53. The summed E-state index contributed by atoms with van der Waals surface area (Å²) in [5, 5.41) is 13.0. The quantitative estimate of drug-likeness (QED) is 0.166. The number of aryl methyl sites for hydroxylation is 2. The maximum atomic E-state index is 15.2. The second-order valence-electron chi connectivity index (χ2n) is 13.8. The Morgan fingerprint density at radius 3 is 2.28 bits per heavy atom. The van der Waals surface area contributed by atoms with Crippen LogP contribution in [0.5, 0.6) is 5.75 Å². The summed E-state index contributed by atoms with van der Waals surface area (Å²) in [6.07, 6.45) is 3.25. The zero-order chi connectivity index (χ0) is 34.9. The first-order chi connectivity index (χ1) is 24.1. The van der Waals surface area contributed by atoms with Crippen LogP contribution in [0.15, 0.2) is 109 Å². The van der Waals surface area contributed by atoms with Crippen molar-refractivity contribution in [2.45, 2.75) is 44.4 Å². The third kappa shape index (κ3) is 4.65. The fourth-order valence-electron chi connectivity index (χ4n) is 8.98. The molecule has 0 unspecified atom stereocenters. The minimum atomic E-state index is -1.49. The Morgan fingerprint density at radius 2 is 1.58 bits per heavy atom. The summed E-state index contributed by atoms with van der Waals surface area (Å²) in [6.45, 7) is 4.00. The molecule has 0 bridgehead atoms. The summed E-state index contributed by atoms with van der Waals surface area (Å²) in [4.78, 5) is 59.8. The standard InChI is InChI=1S/C41H36ClN3O5/c1-3-24-11-16-28(17-12-24)44-37(47)30-19-18-29-31(35(30)39(44)49)22-33-38(48)45(43-27-14-9-23(2)10-15-27)40(50)41(33,25-7-5-4-6-8-25)36(29)32-21-26(42)13-20-34(32)46/h4-18,20-21,30-31,33,35-36,43,46H,3,19,22H2,1-2H3/t30-,31+,33-,35-,36+,41+/m0/s1. The summed E-state index contributed by atoms with van der Waals surface area (Å²) in [5.74, 6) is -5.25. The normalized spacial score (nSPS) is 27.2. The summed E-state index contributed by atoms with van der Waals surface area (Å²) in [6, 6.07) is 28.8. The highest BCUT2D eigenvalue weighted by molar-refractivity contribution is 6.30. The SMILES string of the molecule is CCc1ccc(N2C(=O)[C@H]3[C@H](CC=C4[C@H]3C[C@H]3C(=O)N(Nc5ccc(C)cc5)C(=O)[C@@]3(c3ccccc3)[C@H]4c3cc(Cl)ccc3O)C2=O)cc1. The zero-order valence-corrected chi connectivity index (χ0v) is 28.4. The molecule has 2 N–H and O–H groups in total. The molecule has 4 amide bonds. The number of phenolic OH excluding ortho intramolecular Hbond substituents is 1. The smallest absolute Gasteiger partial charge is 0.260 e. The number of benzene rings is 4. The van der Waals surface area contributed by atoms with Gasteiger partial charge in [-0.2, -0.15) is 5.01 Å². The van der Waals surface area contributed by atoms with E-state index in [1.54, 1.807) is 12.1 Å². The van der Waals surface area contributed by atoms with Crippen molar-refractivity contribution < 1.29 is 24.3 Å². The molecular formula is C41H36ClN3O5. The number of fused-ring (bicyclic) bond motifs is 4. The third-order valence-corrected chi connectivity index (χ3v) is 11.5. The predicted molar refractivity (Wildman–Crippen MR) is 190 cm³/mol. The van der Waals surface area contributed by atoms with Gasteiger partial charge in [0.25, 0.3) is 11.8 Å². The number of aromatic hydroxyl groups is 1.